The van der Waals surface area contributed by atoms with E-state index in [9.17, 15) is 4.79 Å². The van der Waals surface area contributed by atoms with Crippen LogP contribution < -0.4 is 5.73 Å². The maximum atomic E-state index is 12.3. The highest BCUT2D eigenvalue weighted by atomic mass is 35.5. The number of amides is 1. The van der Waals surface area contributed by atoms with Crippen molar-refractivity contribution in [3.05, 3.63) is 35.9 Å². The first-order chi connectivity index (χ1) is 11.1. The van der Waals surface area contributed by atoms with Gasteiger partial charge >= 0.3 is 0 Å². The highest BCUT2D eigenvalue weighted by Gasteiger charge is 2.25. The van der Waals surface area contributed by atoms with Crippen LogP contribution in [0.25, 0.3) is 0 Å². The smallest absolute Gasteiger partial charge is 0.239 e. The Labute approximate surface area is 150 Å². The van der Waals surface area contributed by atoms with Crippen LogP contribution in [0.3, 0.4) is 0 Å². The van der Waals surface area contributed by atoms with Crippen LogP contribution in [0.15, 0.2) is 35.5 Å². The maximum absolute atomic E-state index is 12.3. The number of nitrogens with zero attached hydrogens (tertiary/aromatic N) is 2. The van der Waals surface area contributed by atoms with Gasteiger partial charge in [-0.25, -0.2) is 0 Å². The number of halogens is 1. The SMILES string of the molecule is CC(C)C[C@H](N)C(=O)N1CCC(=NOCc2ccccc2)CC1.Cl. The molecule has 6 heteroatoms. The number of rotatable bonds is 6. The van der Waals surface area contributed by atoms with E-state index in [4.69, 9.17) is 10.6 Å². The van der Waals surface area contributed by atoms with Gasteiger partial charge in [-0.05, 0) is 17.9 Å². The lowest BCUT2D eigenvalue weighted by Gasteiger charge is -2.30. The van der Waals surface area contributed by atoms with Gasteiger partial charge in [0.15, 0.2) is 0 Å². The normalized spacial score (nSPS) is 15.7. The minimum absolute atomic E-state index is 0. The summed E-state index contributed by atoms with van der Waals surface area (Å²) in [6, 6.07) is 9.58. The van der Waals surface area contributed by atoms with Crippen LogP contribution in [-0.4, -0.2) is 35.7 Å². The predicted molar refractivity (Wildman–Crippen MR) is 99.2 cm³/mol. The number of carbonyl (C=O) groups is 1. The summed E-state index contributed by atoms with van der Waals surface area (Å²) in [4.78, 5) is 19.5. The second-order valence-electron chi connectivity index (χ2n) is 6.48. The summed E-state index contributed by atoms with van der Waals surface area (Å²) in [5.41, 5.74) is 8.10. The molecule has 2 rings (SSSR count). The zero-order chi connectivity index (χ0) is 16.7. The minimum atomic E-state index is -0.386. The molecule has 1 saturated heterocycles. The number of piperidine rings is 1. The molecule has 0 aromatic heterocycles. The van der Waals surface area contributed by atoms with Gasteiger partial charge in [0.05, 0.1) is 11.8 Å². The second-order valence-corrected chi connectivity index (χ2v) is 6.48. The lowest BCUT2D eigenvalue weighted by atomic mass is 10.0. The Morgan fingerprint density at radius 3 is 2.46 bits per heavy atom. The summed E-state index contributed by atoms with van der Waals surface area (Å²) >= 11 is 0. The molecule has 1 aliphatic heterocycles. The summed E-state index contributed by atoms with van der Waals surface area (Å²) in [6.45, 7) is 6.00. The predicted octanol–water partition coefficient (Wildman–Crippen LogP) is 2.98. The lowest BCUT2D eigenvalue weighted by Crippen LogP contribution is -2.47. The molecule has 0 bridgehead atoms. The van der Waals surface area contributed by atoms with Crippen molar-refractivity contribution in [3.63, 3.8) is 0 Å². The molecule has 0 saturated carbocycles. The van der Waals surface area contributed by atoms with Crippen LogP contribution in [0.5, 0.6) is 0 Å². The van der Waals surface area contributed by atoms with E-state index < -0.39 is 0 Å². The number of nitrogens with two attached hydrogens (primary N) is 1. The number of likely N-dealkylation sites (tertiary alicyclic amines) is 1. The van der Waals surface area contributed by atoms with Crippen LogP contribution in [0.4, 0.5) is 0 Å². The standard InChI is InChI=1S/C18H27N3O2.ClH/c1-14(2)12-17(19)18(22)21-10-8-16(9-11-21)20-23-13-15-6-4-3-5-7-15;/h3-7,14,17H,8-13,19H2,1-2H3;1H/t17-;/m0./s1. The van der Waals surface area contributed by atoms with Crippen LogP contribution in [0.2, 0.25) is 0 Å². The van der Waals surface area contributed by atoms with Crippen molar-refractivity contribution in [1.82, 2.24) is 4.90 Å². The molecule has 0 aliphatic carbocycles. The molecule has 0 unspecified atom stereocenters. The molecule has 1 aromatic rings. The van der Waals surface area contributed by atoms with E-state index >= 15 is 0 Å². The first-order valence-corrected chi connectivity index (χ1v) is 8.32. The molecule has 1 atom stereocenters. The molecule has 1 heterocycles. The van der Waals surface area contributed by atoms with Gasteiger partial charge in [0.25, 0.3) is 0 Å². The van der Waals surface area contributed by atoms with Crippen molar-refractivity contribution in [2.24, 2.45) is 16.8 Å². The summed E-state index contributed by atoms with van der Waals surface area (Å²) in [5, 5.41) is 4.21. The quantitative estimate of drug-likeness (QED) is 0.799. The molecule has 5 nitrogen and oxygen atoms in total. The zero-order valence-corrected chi connectivity index (χ0v) is 15.3. The van der Waals surface area contributed by atoms with E-state index in [1.807, 2.05) is 35.2 Å². The molecule has 0 spiro atoms. The molecule has 1 aromatic carbocycles. The number of oxime groups is 1. The number of benzene rings is 1. The third-order valence-electron chi connectivity index (χ3n) is 3.96. The fourth-order valence-corrected chi connectivity index (χ4v) is 2.69. The Bertz CT molecular complexity index is 524. The molecular formula is C18H28ClN3O2. The Morgan fingerprint density at radius 1 is 1.25 bits per heavy atom. The summed E-state index contributed by atoms with van der Waals surface area (Å²) in [5.74, 6) is 0.491. The van der Waals surface area contributed by atoms with Crippen LogP contribution in [-0.2, 0) is 16.2 Å². The van der Waals surface area contributed by atoms with Crippen molar-refractivity contribution < 1.29 is 9.63 Å². The summed E-state index contributed by atoms with van der Waals surface area (Å²) in [7, 11) is 0. The van der Waals surface area contributed by atoms with Crippen LogP contribution in [0.1, 0.15) is 38.7 Å². The first kappa shape index (κ1) is 20.5. The fourth-order valence-electron chi connectivity index (χ4n) is 2.69. The monoisotopic (exact) mass is 353 g/mol. The average molecular weight is 354 g/mol. The molecule has 1 aliphatic rings. The van der Waals surface area contributed by atoms with E-state index in [1.54, 1.807) is 0 Å². The Kier molecular flexibility index (Phi) is 8.79. The number of hydrogen-bond acceptors (Lipinski definition) is 4. The molecular weight excluding hydrogens is 326 g/mol. The second kappa shape index (κ2) is 10.3. The van der Waals surface area contributed by atoms with E-state index in [0.29, 0.717) is 25.6 Å². The Hall–Kier alpha value is -1.59. The van der Waals surface area contributed by atoms with Gasteiger partial charge in [-0.15, -0.1) is 12.4 Å². The number of carbonyl (C=O) groups excluding carboxylic acids is 1. The summed E-state index contributed by atoms with van der Waals surface area (Å²) < 4.78 is 0. The van der Waals surface area contributed by atoms with Crippen LogP contribution >= 0.6 is 12.4 Å². The largest absolute Gasteiger partial charge is 0.391 e. The van der Waals surface area contributed by atoms with Gasteiger partial charge in [0, 0.05) is 25.9 Å². The van der Waals surface area contributed by atoms with Gasteiger partial charge in [0.1, 0.15) is 6.61 Å². The van der Waals surface area contributed by atoms with E-state index in [0.717, 1.165) is 30.5 Å². The topological polar surface area (TPSA) is 67.9 Å². The molecule has 1 fully saturated rings. The molecule has 24 heavy (non-hydrogen) atoms. The maximum Gasteiger partial charge on any atom is 0.239 e. The molecule has 1 amide bonds. The first-order valence-electron chi connectivity index (χ1n) is 8.32. The number of hydrogen-bond donors (Lipinski definition) is 1. The van der Waals surface area contributed by atoms with Gasteiger partial charge < -0.3 is 15.5 Å². The average Bonchev–Trinajstić information content (AvgIpc) is 2.55. The van der Waals surface area contributed by atoms with Crippen molar-refractivity contribution >= 4 is 24.0 Å². The van der Waals surface area contributed by atoms with Crippen LogP contribution in [0, 0.1) is 5.92 Å². The van der Waals surface area contributed by atoms with E-state index in [2.05, 4.69) is 19.0 Å². The third kappa shape index (κ3) is 6.49. The molecule has 2 N–H and O–H groups in total. The zero-order valence-electron chi connectivity index (χ0n) is 14.5. The van der Waals surface area contributed by atoms with Crippen molar-refractivity contribution in [1.29, 1.82) is 0 Å². The van der Waals surface area contributed by atoms with Gasteiger partial charge in [-0.1, -0.05) is 49.3 Å². The van der Waals surface area contributed by atoms with Gasteiger partial charge in [-0.2, -0.15) is 0 Å². The lowest BCUT2D eigenvalue weighted by molar-refractivity contribution is -0.133. The third-order valence-corrected chi connectivity index (χ3v) is 3.96. The van der Waals surface area contributed by atoms with E-state index in [-0.39, 0.29) is 24.4 Å². The highest BCUT2D eigenvalue weighted by molar-refractivity contribution is 5.88. The minimum Gasteiger partial charge on any atom is -0.391 e. The van der Waals surface area contributed by atoms with Gasteiger partial charge in [-0.3, -0.25) is 4.79 Å². The molecule has 134 valence electrons. The molecule has 0 radical (unpaired) electrons. The van der Waals surface area contributed by atoms with Crippen molar-refractivity contribution in [2.45, 2.75) is 45.8 Å². The fraction of sp³-hybridized carbons (Fsp3) is 0.556. The highest BCUT2D eigenvalue weighted by Crippen LogP contribution is 2.12. The van der Waals surface area contributed by atoms with Gasteiger partial charge in [0.2, 0.25) is 5.91 Å². The Balaban J connectivity index is 0.00000288. The Morgan fingerprint density at radius 2 is 1.88 bits per heavy atom. The van der Waals surface area contributed by atoms with Crippen molar-refractivity contribution in [3.8, 4) is 0 Å². The van der Waals surface area contributed by atoms with E-state index in [1.165, 1.54) is 0 Å². The van der Waals surface area contributed by atoms with Crippen molar-refractivity contribution in [2.75, 3.05) is 13.1 Å². The summed E-state index contributed by atoms with van der Waals surface area (Å²) in [6.07, 6.45) is 2.25.